The van der Waals surface area contributed by atoms with E-state index in [9.17, 15) is 0 Å². The lowest BCUT2D eigenvalue weighted by Crippen LogP contribution is -2.35. The van der Waals surface area contributed by atoms with Crippen molar-refractivity contribution in [2.45, 2.75) is 52.2 Å². The number of fused-ring (bicyclic) bond motifs is 3. The largest absolute Gasteiger partial charge is 0.341 e. The monoisotopic (exact) mass is 569 g/mol. The first-order chi connectivity index (χ1) is 15.8. The van der Waals surface area contributed by atoms with Crippen LogP contribution in [-0.4, -0.2) is 27.5 Å². The number of aromatic nitrogens is 1. The van der Waals surface area contributed by atoms with Crippen LogP contribution in [0.4, 0.5) is 5.69 Å². The molecule has 1 aliphatic heterocycles. The van der Waals surface area contributed by atoms with Crippen molar-refractivity contribution in [1.82, 2.24) is 9.24 Å². The van der Waals surface area contributed by atoms with Gasteiger partial charge in [-0.05, 0) is 90.9 Å². The Morgan fingerprint density at radius 1 is 0.879 bits per heavy atom. The minimum absolute atomic E-state index is 0.0249. The number of nitrogens with zero attached hydrogens (tertiary/aromatic N) is 3. The molecule has 3 aromatic carbocycles. The molecule has 0 saturated carbocycles. The average molecular weight is 569 g/mol. The maximum absolute atomic E-state index is 5.70. The summed E-state index contributed by atoms with van der Waals surface area (Å²) in [6.45, 7) is 12.7. The highest BCUT2D eigenvalue weighted by Crippen LogP contribution is 2.65. The van der Waals surface area contributed by atoms with Gasteiger partial charge in [0.1, 0.15) is 0 Å². The molecule has 2 heterocycles. The highest BCUT2D eigenvalue weighted by molar-refractivity contribution is 14.1. The van der Waals surface area contributed by atoms with E-state index in [1.54, 1.807) is 0 Å². The molecule has 0 bridgehead atoms. The van der Waals surface area contributed by atoms with Gasteiger partial charge in [-0.1, -0.05) is 39.0 Å². The second-order valence-corrected chi connectivity index (χ2v) is 15.0. The zero-order chi connectivity index (χ0) is 23.2. The Labute approximate surface area is 211 Å². The Hall–Kier alpha value is -1.62. The van der Waals surface area contributed by atoms with Crippen molar-refractivity contribution >= 4 is 62.6 Å². The Morgan fingerprint density at radius 2 is 1.55 bits per heavy atom. The third-order valence-corrected chi connectivity index (χ3v) is 12.3. The minimum atomic E-state index is -2.05. The lowest BCUT2D eigenvalue weighted by atomic mass is 10.1. The summed E-state index contributed by atoms with van der Waals surface area (Å²) in [5.74, 6) is 0. The van der Waals surface area contributed by atoms with Gasteiger partial charge in [0, 0.05) is 55.5 Å². The van der Waals surface area contributed by atoms with Crippen LogP contribution in [0.5, 0.6) is 0 Å². The van der Waals surface area contributed by atoms with Crippen LogP contribution < -0.4 is 5.30 Å². The van der Waals surface area contributed by atoms with Crippen LogP contribution >= 0.6 is 29.8 Å². The molecule has 5 rings (SSSR count). The summed E-state index contributed by atoms with van der Waals surface area (Å²) in [7, 11) is -2.05. The fourth-order valence-corrected chi connectivity index (χ4v) is 10.3. The molecule has 1 saturated heterocycles. The van der Waals surface area contributed by atoms with Crippen molar-refractivity contribution in [3.05, 3.63) is 70.3 Å². The van der Waals surface area contributed by atoms with Gasteiger partial charge < -0.3 is 4.57 Å². The molecule has 0 N–H and O–H groups in total. The minimum Gasteiger partial charge on any atom is -0.341 e. The summed E-state index contributed by atoms with van der Waals surface area (Å²) < 4.78 is 12.1. The van der Waals surface area contributed by atoms with Crippen LogP contribution in [-0.2, 0) is 6.54 Å². The van der Waals surface area contributed by atoms with E-state index in [-0.39, 0.29) is 5.16 Å². The second-order valence-electron chi connectivity index (χ2n) is 9.97. The van der Waals surface area contributed by atoms with Crippen molar-refractivity contribution in [2.75, 3.05) is 13.1 Å². The topological polar surface area (TPSA) is 20.5 Å². The van der Waals surface area contributed by atoms with Crippen molar-refractivity contribution in [3.8, 4) is 0 Å². The molecule has 1 unspecified atom stereocenters. The Kier molecular flexibility index (Phi) is 6.22. The maximum atomic E-state index is 5.70. The van der Waals surface area contributed by atoms with Crippen LogP contribution in [0.25, 0.3) is 21.8 Å². The van der Waals surface area contributed by atoms with Gasteiger partial charge in [0.15, 0.2) is 0 Å². The van der Waals surface area contributed by atoms with E-state index in [1.807, 2.05) is 0 Å². The molecule has 172 valence electrons. The average Bonchev–Trinajstić information content (AvgIpc) is 3.44. The van der Waals surface area contributed by atoms with Gasteiger partial charge in [-0.25, -0.2) is 4.74 Å². The number of rotatable bonds is 4. The van der Waals surface area contributed by atoms with Crippen LogP contribution in [0.1, 0.15) is 40.5 Å². The molecule has 4 aromatic rings. The zero-order valence-corrected chi connectivity index (χ0v) is 23.1. The van der Waals surface area contributed by atoms with Gasteiger partial charge in [0.2, 0.25) is 0 Å². The van der Waals surface area contributed by atoms with Crippen LogP contribution in [0.3, 0.4) is 0 Å². The standard InChI is InChI=1S/C28H33IN3P/c1-5-32-26-11-7-6-10-24(26)25-20-23(16-17-27(25)32)33(28(2,3)4,31-18-8-9-19-31)30-22-14-12-21(29)13-15-22/h6-7,10-17,20H,5,8-9,18-19H2,1-4H3. The second kappa shape index (κ2) is 8.87. The summed E-state index contributed by atoms with van der Waals surface area (Å²) >= 11 is 2.38. The van der Waals surface area contributed by atoms with E-state index in [4.69, 9.17) is 4.74 Å². The lowest BCUT2D eigenvalue weighted by Gasteiger charge is -2.44. The van der Waals surface area contributed by atoms with Crippen molar-refractivity contribution in [1.29, 1.82) is 0 Å². The summed E-state index contributed by atoms with van der Waals surface area (Å²) in [4.78, 5) is 0. The molecular weight excluding hydrogens is 536 g/mol. The quantitative estimate of drug-likeness (QED) is 0.179. The Morgan fingerprint density at radius 3 is 2.21 bits per heavy atom. The van der Waals surface area contributed by atoms with Gasteiger partial charge in [-0.15, -0.1) is 0 Å². The smallest absolute Gasteiger partial charge is 0.0720 e. The summed E-state index contributed by atoms with van der Waals surface area (Å²) in [5, 5.41) is 4.13. The molecule has 0 radical (unpaired) electrons. The normalized spacial score (nSPS) is 17.0. The van der Waals surface area contributed by atoms with E-state index < -0.39 is 7.21 Å². The molecular formula is C28H33IN3P. The molecule has 1 atom stereocenters. The SMILES string of the molecule is CCn1c2ccccc2c2cc(P(=Nc3ccc(I)cc3)(N3CCCC3)C(C)(C)C)ccc21. The first-order valence-electron chi connectivity index (χ1n) is 12.0. The third-order valence-electron chi connectivity index (χ3n) is 6.95. The van der Waals surface area contributed by atoms with Crippen LogP contribution in [0.15, 0.2) is 71.5 Å². The first kappa shape index (κ1) is 23.1. The fourth-order valence-electron chi connectivity index (χ4n) is 5.49. The van der Waals surface area contributed by atoms with E-state index in [2.05, 4.69) is 126 Å². The van der Waals surface area contributed by atoms with Crippen molar-refractivity contribution < 1.29 is 0 Å². The number of aryl methyl sites for hydroxylation is 1. The molecule has 0 amide bonds. The van der Waals surface area contributed by atoms with E-state index in [0.717, 1.165) is 25.3 Å². The van der Waals surface area contributed by atoms with Gasteiger partial charge in [0.25, 0.3) is 0 Å². The number of hydrogen-bond acceptors (Lipinski definition) is 1. The summed E-state index contributed by atoms with van der Waals surface area (Å²) in [5.41, 5.74) is 3.74. The molecule has 1 aliphatic rings. The summed E-state index contributed by atoms with van der Waals surface area (Å²) in [6.07, 6.45) is 2.52. The number of halogens is 1. The predicted octanol–water partition coefficient (Wildman–Crippen LogP) is 8.39. The van der Waals surface area contributed by atoms with Gasteiger partial charge in [-0.2, -0.15) is 0 Å². The number of benzene rings is 3. The Balaban J connectivity index is 1.85. The zero-order valence-electron chi connectivity index (χ0n) is 20.1. The van der Waals surface area contributed by atoms with Crippen molar-refractivity contribution in [2.24, 2.45) is 4.74 Å². The van der Waals surface area contributed by atoms with Crippen LogP contribution in [0, 0.1) is 3.57 Å². The first-order valence-corrected chi connectivity index (χ1v) is 14.8. The van der Waals surface area contributed by atoms with E-state index in [0.29, 0.717) is 0 Å². The van der Waals surface area contributed by atoms with Gasteiger partial charge in [-0.3, -0.25) is 4.67 Å². The van der Waals surface area contributed by atoms with Gasteiger partial charge in [0.05, 0.1) is 12.9 Å². The maximum Gasteiger partial charge on any atom is 0.0720 e. The van der Waals surface area contributed by atoms with E-state index >= 15 is 0 Å². The molecule has 3 nitrogen and oxygen atoms in total. The highest BCUT2D eigenvalue weighted by atomic mass is 127. The fraction of sp³-hybridized carbons (Fsp3) is 0.357. The predicted molar refractivity (Wildman–Crippen MR) is 153 cm³/mol. The molecule has 5 heteroatoms. The van der Waals surface area contributed by atoms with Crippen LogP contribution in [0.2, 0.25) is 0 Å². The lowest BCUT2D eigenvalue weighted by molar-refractivity contribution is 0.538. The summed E-state index contributed by atoms with van der Waals surface area (Å²) in [6, 6.07) is 24.8. The van der Waals surface area contributed by atoms with Gasteiger partial charge >= 0.3 is 0 Å². The highest BCUT2D eigenvalue weighted by Gasteiger charge is 2.42. The Bertz CT molecular complexity index is 1360. The van der Waals surface area contributed by atoms with Crippen molar-refractivity contribution in [3.63, 3.8) is 0 Å². The number of para-hydroxylation sites is 1. The molecule has 1 fully saturated rings. The number of hydrogen-bond donors (Lipinski definition) is 0. The molecule has 0 spiro atoms. The van der Waals surface area contributed by atoms with E-state index in [1.165, 1.54) is 43.5 Å². The third kappa shape index (κ3) is 3.88. The molecule has 0 aliphatic carbocycles. The molecule has 1 aromatic heterocycles. The molecule has 33 heavy (non-hydrogen) atoms.